The lowest BCUT2D eigenvalue weighted by atomic mass is 10.2. The van der Waals surface area contributed by atoms with E-state index in [-0.39, 0.29) is 0 Å². The Morgan fingerprint density at radius 1 is 0.806 bits per heavy atom. The average molecular weight is 606 g/mol. The van der Waals surface area contributed by atoms with E-state index in [1.54, 1.807) is 34.4 Å². The molecule has 0 atom stereocenters. The molecule has 36 heavy (non-hydrogen) atoms. The van der Waals surface area contributed by atoms with Gasteiger partial charge in [0, 0.05) is 30.0 Å². The molecule has 0 amide bonds. The summed E-state index contributed by atoms with van der Waals surface area (Å²) >= 11 is 11.0. The van der Waals surface area contributed by atoms with Gasteiger partial charge in [0.25, 0.3) is 0 Å². The van der Waals surface area contributed by atoms with Crippen LogP contribution in [0, 0.1) is 39.0 Å². The number of thiophene rings is 2. The SMILES string of the molecule is Cc1cc(SCC[Si](C)(C)C)sc1-c1cc(C)c(-c2nc(C)c(-c3nc(C)c(SCCC#N)s3)s2)s1. The standard InChI is InChI=1S/C26H31N3S6Si/c1-15-13-19(21-16(2)14-20(33-21)30-11-12-36(5,6)7)32-22(15)24-28-17(3)23(34-24)25-29-18(4)26(35-25)31-10-8-9-27/h13-14H,8,10-12H2,1-7H3. The monoisotopic (exact) mass is 605 g/mol. The van der Waals surface area contributed by atoms with Crippen LogP contribution in [0.4, 0.5) is 0 Å². The van der Waals surface area contributed by atoms with E-state index in [0.29, 0.717) is 6.42 Å². The van der Waals surface area contributed by atoms with Crippen LogP contribution in [0.25, 0.3) is 29.5 Å². The Morgan fingerprint density at radius 2 is 1.50 bits per heavy atom. The first-order valence-electron chi connectivity index (χ1n) is 11.8. The fourth-order valence-corrected chi connectivity index (χ4v) is 13.3. The van der Waals surface area contributed by atoms with Gasteiger partial charge in [-0.25, -0.2) is 9.97 Å². The predicted octanol–water partition coefficient (Wildman–Crippen LogP) is 10.4. The number of rotatable bonds is 10. The second kappa shape index (κ2) is 11.8. The van der Waals surface area contributed by atoms with Crippen LogP contribution in [0.1, 0.15) is 28.9 Å². The summed E-state index contributed by atoms with van der Waals surface area (Å²) in [5.74, 6) is 2.03. The van der Waals surface area contributed by atoms with Crippen molar-refractivity contribution in [2.45, 2.75) is 68.2 Å². The topological polar surface area (TPSA) is 49.6 Å². The maximum absolute atomic E-state index is 8.84. The first-order chi connectivity index (χ1) is 17.1. The molecule has 10 heteroatoms. The van der Waals surface area contributed by atoms with Crippen molar-refractivity contribution in [2.24, 2.45) is 0 Å². The minimum Gasteiger partial charge on any atom is -0.240 e. The summed E-state index contributed by atoms with van der Waals surface area (Å²) in [6.07, 6.45) is 0.559. The Labute approximate surface area is 240 Å². The van der Waals surface area contributed by atoms with Gasteiger partial charge in [-0.1, -0.05) is 19.6 Å². The van der Waals surface area contributed by atoms with Gasteiger partial charge in [-0.2, -0.15) is 5.26 Å². The predicted molar refractivity (Wildman–Crippen MR) is 169 cm³/mol. The van der Waals surface area contributed by atoms with Gasteiger partial charge in [0.1, 0.15) is 10.0 Å². The molecule has 0 N–H and O–H groups in total. The minimum absolute atomic E-state index is 0.559. The quantitative estimate of drug-likeness (QED) is 0.102. The van der Waals surface area contributed by atoms with Gasteiger partial charge in [0.05, 0.1) is 35.6 Å². The van der Waals surface area contributed by atoms with Crippen LogP contribution in [0.5, 0.6) is 0 Å². The van der Waals surface area contributed by atoms with Crippen LogP contribution in [-0.2, 0) is 0 Å². The Bertz CT molecular complexity index is 1400. The molecule has 4 rings (SSSR count). The summed E-state index contributed by atoms with van der Waals surface area (Å²) in [6.45, 7) is 15.9. The third-order valence-electron chi connectivity index (χ3n) is 5.52. The first kappa shape index (κ1) is 28.1. The van der Waals surface area contributed by atoms with Crippen molar-refractivity contribution in [3.63, 3.8) is 0 Å². The zero-order chi connectivity index (χ0) is 26.0. The number of thiazole rings is 2. The van der Waals surface area contributed by atoms with E-state index in [9.17, 15) is 0 Å². The highest BCUT2D eigenvalue weighted by atomic mass is 32.2. The molecular weight excluding hydrogens is 575 g/mol. The molecule has 0 saturated carbocycles. The van der Waals surface area contributed by atoms with E-state index < -0.39 is 8.07 Å². The second-order valence-corrected chi connectivity index (χ2v) is 22.4. The third-order valence-corrected chi connectivity index (χ3v) is 15.5. The number of hydrogen-bond acceptors (Lipinski definition) is 9. The van der Waals surface area contributed by atoms with Crippen LogP contribution in [0.3, 0.4) is 0 Å². The molecular formula is C26H31N3S6Si. The van der Waals surface area contributed by atoms with Gasteiger partial charge in [0.15, 0.2) is 0 Å². The highest BCUT2D eigenvalue weighted by molar-refractivity contribution is 8.01. The molecule has 3 nitrogen and oxygen atoms in total. The maximum Gasteiger partial charge on any atom is 0.136 e. The van der Waals surface area contributed by atoms with Gasteiger partial charge in [-0.05, 0) is 62.8 Å². The molecule has 0 saturated heterocycles. The molecule has 0 unspecified atom stereocenters. The number of hydrogen-bond donors (Lipinski definition) is 0. The van der Waals surface area contributed by atoms with Crippen molar-refractivity contribution >= 4 is 76.9 Å². The molecule has 0 bridgehead atoms. The number of nitrogens with zero attached hydrogens (tertiary/aromatic N) is 3. The van der Waals surface area contributed by atoms with E-state index in [0.717, 1.165) is 32.0 Å². The van der Waals surface area contributed by atoms with E-state index in [1.807, 2.05) is 34.4 Å². The largest absolute Gasteiger partial charge is 0.240 e. The fraction of sp³-hybridized carbons (Fsp3) is 0.423. The summed E-state index contributed by atoms with van der Waals surface area (Å²) in [5.41, 5.74) is 4.76. The van der Waals surface area contributed by atoms with Crippen LogP contribution in [0.15, 0.2) is 20.6 Å². The van der Waals surface area contributed by atoms with Crippen LogP contribution >= 0.6 is 68.9 Å². The summed E-state index contributed by atoms with van der Waals surface area (Å²) in [4.78, 5) is 15.0. The van der Waals surface area contributed by atoms with Crippen LogP contribution in [0.2, 0.25) is 25.7 Å². The summed E-state index contributed by atoms with van der Waals surface area (Å²) < 4.78 is 2.64. The number of aryl methyl sites for hydroxylation is 4. The normalized spacial score (nSPS) is 11.8. The van der Waals surface area contributed by atoms with Gasteiger partial charge >= 0.3 is 0 Å². The lowest BCUT2D eigenvalue weighted by Gasteiger charge is -2.14. The zero-order valence-corrected chi connectivity index (χ0v) is 27.7. The van der Waals surface area contributed by atoms with Gasteiger partial charge in [-0.3, -0.25) is 0 Å². The molecule has 190 valence electrons. The molecule has 4 aromatic rings. The summed E-state index contributed by atoms with van der Waals surface area (Å²) in [7, 11) is -0.997. The summed E-state index contributed by atoms with van der Waals surface area (Å²) in [5, 5.41) is 11.0. The molecule has 0 radical (unpaired) electrons. The van der Waals surface area contributed by atoms with E-state index in [2.05, 4.69) is 65.5 Å². The van der Waals surface area contributed by atoms with Crippen LogP contribution < -0.4 is 0 Å². The molecule has 0 fully saturated rings. The number of aromatic nitrogens is 2. The highest BCUT2D eigenvalue weighted by Crippen LogP contribution is 2.47. The van der Waals surface area contributed by atoms with Crippen LogP contribution in [-0.4, -0.2) is 29.5 Å². The van der Waals surface area contributed by atoms with Crippen molar-refractivity contribution in [2.75, 3.05) is 11.5 Å². The molecule has 0 aliphatic rings. The molecule has 0 aliphatic heterocycles. The third kappa shape index (κ3) is 6.73. The van der Waals surface area contributed by atoms with E-state index >= 15 is 0 Å². The Balaban J connectivity index is 1.56. The van der Waals surface area contributed by atoms with Gasteiger partial charge in [-0.15, -0.1) is 68.9 Å². The second-order valence-electron chi connectivity index (χ2n) is 9.94. The molecule has 0 spiro atoms. The lowest BCUT2D eigenvalue weighted by Crippen LogP contribution is -2.19. The smallest absolute Gasteiger partial charge is 0.136 e. The van der Waals surface area contributed by atoms with E-state index in [4.69, 9.17) is 15.2 Å². The first-order valence-corrected chi connectivity index (χ1v) is 20.8. The Hall–Kier alpha value is -0.933. The molecule has 4 aromatic heterocycles. The highest BCUT2D eigenvalue weighted by Gasteiger charge is 2.21. The summed E-state index contributed by atoms with van der Waals surface area (Å²) in [6, 6.07) is 8.28. The van der Waals surface area contributed by atoms with Crippen molar-refractivity contribution < 1.29 is 0 Å². The van der Waals surface area contributed by atoms with Crippen molar-refractivity contribution in [3.8, 4) is 35.6 Å². The average Bonchev–Trinajstić information content (AvgIpc) is 3.54. The van der Waals surface area contributed by atoms with E-state index in [1.165, 1.54) is 46.0 Å². The number of thioether (sulfide) groups is 2. The Morgan fingerprint density at radius 3 is 2.22 bits per heavy atom. The Kier molecular flexibility index (Phi) is 9.24. The number of nitriles is 1. The maximum atomic E-state index is 8.84. The molecule has 4 heterocycles. The van der Waals surface area contributed by atoms with Crippen molar-refractivity contribution in [1.29, 1.82) is 5.26 Å². The minimum atomic E-state index is -0.997. The van der Waals surface area contributed by atoms with Gasteiger partial charge in [0.2, 0.25) is 0 Å². The van der Waals surface area contributed by atoms with Crippen molar-refractivity contribution in [3.05, 3.63) is 34.6 Å². The zero-order valence-electron chi connectivity index (χ0n) is 21.8. The molecule has 0 aliphatic carbocycles. The van der Waals surface area contributed by atoms with Gasteiger partial charge < -0.3 is 0 Å². The molecule has 0 aromatic carbocycles. The fourth-order valence-electron chi connectivity index (χ4n) is 3.53. The lowest BCUT2D eigenvalue weighted by molar-refractivity contribution is 1.19. The van der Waals surface area contributed by atoms with Crippen molar-refractivity contribution in [1.82, 2.24) is 9.97 Å².